The first-order valence-electron chi connectivity index (χ1n) is 5.28. The quantitative estimate of drug-likeness (QED) is 0.742. The number of carbonyl (C=O) groups excluding carboxylic acids is 1. The first-order chi connectivity index (χ1) is 7.65. The molecule has 0 aliphatic carbocycles. The number of para-hydroxylation sites is 1. The van der Waals surface area contributed by atoms with Gasteiger partial charge in [0.25, 0.3) is 0 Å². The summed E-state index contributed by atoms with van der Waals surface area (Å²) in [6.07, 6.45) is 0.369. The molecule has 0 aromatic heterocycles. The van der Waals surface area contributed by atoms with Gasteiger partial charge in [0, 0.05) is 19.2 Å². The Balaban J connectivity index is 2.55. The number of nitrogens with two attached hydrogens (primary N) is 1. The van der Waals surface area contributed by atoms with Gasteiger partial charge in [-0.1, -0.05) is 18.2 Å². The molecule has 0 bridgehead atoms. The van der Waals surface area contributed by atoms with Crippen LogP contribution in [0.1, 0.15) is 24.9 Å². The average molecular weight is 222 g/mol. The van der Waals surface area contributed by atoms with E-state index in [2.05, 4.69) is 5.32 Å². The number of ether oxygens (including phenoxy) is 1. The first kappa shape index (κ1) is 12.5. The number of amides is 1. The lowest BCUT2D eigenvalue weighted by Gasteiger charge is -2.16. The molecule has 0 spiro atoms. The predicted octanol–water partition coefficient (Wildman–Crippen LogP) is 1.48. The van der Waals surface area contributed by atoms with E-state index in [1.807, 2.05) is 31.2 Å². The van der Waals surface area contributed by atoms with E-state index in [1.54, 1.807) is 7.11 Å². The second-order valence-corrected chi connectivity index (χ2v) is 3.66. The van der Waals surface area contributed by atoms with Crippen LogP contribution in [0.3, 0.4) is 0 Å². The van der Waals surface area contributed by atoms with Crippen molar-refractivity contribution in [2.45, 2.75) is 19.4 Å². The minimum absolute atomic E-state index is 0.0300. The lowest BCUT2D eigenvalue weighted by Crippen LogP contribution is -2.27. The number of anilines is 1. The van der Waals surface area contributed by atoms with Crippen LogP contribution in [0.5, 0.6) is 0 Å². The van der Waals surface area contributed by atoms with Crippen LogP contribution in [0.4, 0.5) is 5.69 Å². The van der Waals surface area contributed by atoms with Gasteiger partial charge in [-0.15, -0.1) is 0 Å². The zero-order valence-corrected chi connectivity index (χ0v) is 9.69. The highest BCUT2D eigenvalue weighted by atomic mass is 16.5. The molecular formula is C12H18N2O2. The average Bonchev–Trinajstić information content (AvgIpc) is 2.26. The van der Waals surface area contributed by atoms with Crippen LogP contribution < -0.4 is 11.1 Å². The van der Waals surface area contributed by atoms with Gasteiger partial charge in [0.2, 0.25) is 5.91 Å². The summed E-state index contributed by atoms with van der Waals surface area (Å²) in [6, 6.07) is 7.44. The Morgan fingerprint density at radius 2 is 2.19 bits per heavy atom. The Hall–Kier alpha value is -1.55. The third-order valence-corrected chi connectivity index (χ3v) is 2.37. The van der Waals surface area contributed by atoms with Gasteiger partial charge in [0.1, 0.15) is 0 Å². The van der Waals surface area contributed by atoms with Crippen molar-refractivity contribution >= 4 is 11.6 Å². The Morgan fingerprint density at radius 1 is 1.50 bits per heavy atom. The molecule has 0 aliphatic rings. The molecule has 1 amide bonds. The van der Waals surface area contributed by atoms with Gasteiger partial charge in [0.15, 0.2) is 0 Å². The van der Waals surface area contributed by atoms with Crippen LogP contribution >= 0.6 is 0 Å². The Morgan fingerprint density at radius 3 is 2.81 bits per heavy atom. The normalized spacial score (nSPS) is 12.1. The van der Waals surface area contributed by atoms with E-state index < -0.39 is 0 Å². The second-order valence-electron chi connectivity index (χ2n) is 3.66. The Bertz CT molecular complexity index is 353. The van der Waals surface area contributed by atoms with Crippen LogP contribution in [0.15, 0.2) is 24.3 Å². The summed E-state index contributed by atoms with van der Waals surface area (Å²) in [5.41, 5.74) is 7.46. The van der Waals surface area contributed by atoms with Gasteiger partial charge in [-0.3, -0.25) is 4.79 Å². The van der Waals surface area contributed by atoms with E-state index in [4.69, 9.17) is 10.5 Å². The van der Waals surface area contributed by atoms with Gasteiger partial charge >= 0.3 is 0 Å². The van der Waals surface area contributed by atoms with Crippen LogP contribution in [-0.4, -0.2) is 19.6 Å². The number of carbonyl (C=O) groups is 1. The molecule has 0 aliphatic heterocycles. The molecule has 0 fully saturated rings. The fourth-order valence-electron chi connectivity index (χ4n) is 1.49. The molecule has 4 nitrogen and oxygen atoms in total. The van der Waals surface area contributed by atoms with Crippen molar-refractivity contribution in [3.63, 3.8) is 0 Å². The molecule has 0 saturated carbocycles. The third kappa shape index (κ3) is 3.55. The van der Waals surface area contributed by atoms with Crippen LogP contribution in [0.2, 0.25) is 0 Å². The van der Waals surface area contributed by atoms with E-state index >= 15 is 0 Å². The number of nitrogen functional groups attached to an aromatic ring is 1. The molecule has 0 radical (unpaired) electrons. The van der Waals surface area contributed by atoms with Gasteiger partial charge in [-0.05, 0) is 18.6 Å². The highest BCUT2D eigenvalue weighted by molar-refractivity contribution is 5.76. The Kier molecular flexibility index (Phi) is 4.79. The number of benzene rings is 1. The van der Waals surface area contributed by atoms with Crippen molar-refractivity contribution in [3.8, 4) is 0 Å². The fraction of sp³-hybridized carbons (Fsp3) is 0.417. The maximum absolute atomic E-state index is 11.5. The van der Waals surface area contributed by atoms with Gasteiger partial charge < -0.3 is 15.8 Å². The summed E-state index contributed by atoms with van der Waals surface area (Å²) in [5.74, 6) is -0.0300. The van der Waals surface area contributed by atoms with E-state index in [0.29, 0.717) is 18.7 Å². The van der Waals surface area contributed by atoms with Crippen LogP contribution in [0.25, 0.3) is 0 Å². The topological polar surface area (TPSA) is 64.3 Å². The molecule has 0 heterocycles. The lowest BCUT2D eigenvalue weighted by atomic mass is 10.1. The van der Waals surface area contributed by atoms with Crippen molar-refractivity contribution in [2.75, 3.05) is 19.5 Å². The summed E-state index contributed by atoms with van der Waals surface area (Å²) in [7, 11) is 1.58. The molecular weight excluding hydrogens is 204 g/mol. The van der Waals surface area contributed by atoms with Crippen LogP contribution in [0, 0.1) is 0 Å². The molecule has 3 N–H and O–H groups in total. The third-order valence-electron chi connectivity index (χ3n) is 2.37. The molecule has 1 rings (SSSR count). The number of methoxy groups -OCH3 is 1. The highest BCUT2D eigenvalue weighted by Crippen LogP contribution is 2.19. The first-order valence-corrected chi connectivity index (χ1v) is 5.28. The van der Waals surface area contributed by atoms with Gasteiger partial charge in [-0.2, -0.15) is 0 Å². The summed E-state index contributed by atoms with van der Waals surface area (Å²) in [4.78, 5) is 11.5. The zero-order valence-electron chi connectivity index (χ0n) is 9.69. The minimum Gasteiger partial charge on any atom is -0.398 e. The van der Waals surface area contributed by atoms with E-state index in [-0.39, 0.29) is 11.9 Å². The number of hydrogen-bond acceptors (Lipinski definition) is 3. The monoisotopic (exact) mass is 222 g/mol. The smallest absolute Gasteiger partial charge is 0.222 e. The van der Waals surface area contributed by atoms with E-state index in [0.717, 1.165) is 5.56 Å². The van der Waals surface area contributed by atoms with Crippen molar-refractivity contribution in [1.82, 2.24) is 5.32 Å². The highest BCUT2D eigenvalue weighted by Gasteiger charge is 2.11. The molecule has 1 atom stereocenters. The zero-order chi connectivity index (χ0) is 12.0. The number of hydrogen-bond donors (Lipinski definition) is 2. The summed E-state index contributed by atoms with van der Waals surface area (Å²) in [5, 5.41) is 2.87. The van der Waals surface area contributed by atoms with Gasteiger partial charge in [0.05, 0.1) is 12.6 Å². The van der Waals surface area contributed by atoms with Crippen molar-refractivity contribution < 1.29 is 9.53 Å². The van der Waals surface area contributed by atoms with Crippen LogP contribution in [-0.2, 0) is 9.53 Å². The predicted molar refractivity (Wildman–Crippen MR) is 63.9 cm³/mol. The number of rotatable bonds is 5. The summed E-state index contributed by atoms with van der Waals surface area (Å²) in [6.45, 7) is 2.35. The standard InChI is InChI=1S/C12H18N2O2/c1-9(14-12(15)7-8-16-2)10-5-3-4-6-11(10)13/h3-6,9H,7-8,13H2,1-2H3,(H,14,15). The summed E-state index contributed by atoms with van der Waals surface area (Å²) < 4.78 is 4.84. The minimum atomic E-state index is -0.0782. The second kappa shape index (κ2) is 6.12. The molecule has 16 heavy (non-hydrogen) atoms. The largest absolute Gasteiger partial charge is 0.398 e. The van der Waals surface area contributed by atoms with Crippen molar-refractivity contribution in [1.29, 1.82) is 0 Å². The molecule has 1 aromatic carbocycles. The molecule has 0 saturated heterocycles. The van der Waals surface area contributed by atoms with Crippen molar-refractivity contribution in [3.05, 3.63) is 29.8 Å². The molecule has 88 valence electrons. The fourth-order valence-corrected chi connectivity index (χ4v) is 1.49. The molecule has 1 unspecified atom stereocenters. The number of nitrogens with one attached hydrogen (secondary N) is 1. The maximum Gasteiger partial charge on any atom is 0.222 e. The van der Waals surface area contributed by atoms with E-state index in [1.165, 1.54) is 0 Å². The van der Waals surface area contributed by atoms with Crippen molar-refractivity contribution in [2.24, 2.45) is 0 Å². The molecule has 4 heteroatoms. The molecule has 1 aromatic rings. The summed E-state index contributed by atoms with van der Waals surface area (Å²) >= 11 is 0. The van der Waals surface area contributed by atoms with E-state index in [9.17, 15) is 4.79 Å². The maximum atomic E-state index is 11.5. The van der Waals surface area contributed by atoms with Gasteiger partial charge in [-0.25, -0.2) is 0 Å². The lowest BCUT2D eigenvalue weighted by molar-refractivity contribution is -0.122. The Labute approximate surface area is 95.8 Å². The SMILES string of the molecule is COCCC(=O)NC(C)c1ccccc1N.